The van der Waals surface area contributed by atoms with Crippen LogP contribution in [0.15, 0.2) is 48.7 Å². The number of nitrogens with one attached hydrogen (secondary N) is 2. The highest BCUT2D eigenvalue weighted by Crippen LogP contribution is 2.36. The predicted octanol–water partition coefficient (Wildman–Crippen LogP) is 3.51. The van der Waals surface area contributed by atoms with E-state index in [1.165, 1.54) is 0 Å². The molecular formula is C31H41N7O4. The number of urea groups is 1. The Balaban J connectivity index is 1.14. The van der Waals surface area contributed by atoms with Crippen LogP contribution in [0.2, 0.25) is 0 Å². The second-order valence-electron chi connectivity index (χ2n) is 10.6. The lowest BCUT2D eigenvalue weighted by Gasteiger charge is -2.34. The molecule has 2 aromatic carbocycles. The Hall–Kier alpha value is -3.93. The molecule has 224 valence electrons. The van der Waals surface area contributed by atoms with Gasteiger partial charge in [-0.25, -0.2) is 4.79 Å². The number of fused-ring (bicyclic) bond motifs is 2. The monoisotopic (exact) mass is 575 g/mol. The van der Waals surface area contributed by atoms with E-state index in [0.717, 1.165) is 53.5 Å². The van der Waals surface area contributed by atoms with Crippen molar-refractivity contribution < 1.29 is 19.1 Å². The van der Waals surface area contributed by atoms with E-state index in [1.807, 2.05) is 68.3 Å². The summed E-state index contributed by atoms with van der Waals surface area (Å²) in [5.74, 6) is 0.793. The van der Waals surface area contributed by atoms with Gasteiger partial charge in [0.05, 0.1) is 43.9 Å². The molecule has 11 heteroatoms. The Morgan fingerprint density at radius 3 is 2.60 bits per heavy atom. The first-order valence-electron chi connectivity index (χ1n) is 14.6. The normalized spacial score (nSPS) is 15.0. The van der Waals surface area contributed by atoms with E-state index in [9.17, 15) is 9.59 Å². The van der Waals surface area contributed by atoms with Gasteiger partial charge in [0.1, 0.15) is 5.82 Å². The second kappa shape index (κ2) is 13.8. The zero-order chi connectivity index (χ0) is 29.5. The van der Waals surface area contributed by atoms with Crippen LogP contribution in [-0.4, -0.2) is 90.7 Å². The van der Waals surface area contributed by atoms with Gasteiger partial charge in [-0.15, -0.1) is 0 Å². The van der Waals surface area contributed by atoms with Gasteiger partial charge in [-0.3, -0.25) is 14.4 Å². The quantitative estimate of drug-likeness (QED) is 0.357. The average molecular weight is 576 g/mol. The maximum absolute atomic E-state index is 13.8. The summed E-state index contributed by atoms with van der Waals surface area (Å²) in [7, 11) is 1.88. The number of anilines is 3. The van der Waals surface area contributed by atoms with Crippen LogP contribution in [0.4, 0.5) is 22.0 Å². The van der Waals surface area contributed by atoms with E-state index in [4.69, 9.17) is 9.47 Å². The number of hydrogen-bond donors (Lipinski definition) is 2. The van der Waals surface area contributed by atoms with Crippen molar-refractivity contribution in [3.63, 3.8) is 0 Å². The highest BCUT2D eigenvalue weighted by atomic mass is 16.5. The fourth-order valence-corrected chi connectivity index (χ4v) is 5.34. The topological polar surface area (TPSA) is 104 Å². The molecule has 1 aromatic heterocycles. The Bertz CT molecular complexity index is 1380. The molecule has 0 radical (unpaired) electrons. The van der Waals surface area contributed by atoms with E-state index in [-0.39, 0.29) is 11.9 Å². The number of benzene rings is 2. The first-order chi connectivity index (χ1) is 20.4. The molecule has 0 saturated carbocycles. The lowest BCUT2D eigenvalue weighted by Crippen LogP contribution is -2.52. The molecule has 3 aromatic rings. The van der Waals surface area contributed by atoms with Crippen molar-refractivity contribution >= 4 is 29.1 Å². The maximum Gasteiger partial charge on any atom is 0.317 e. The minimum atomic E-state index is -0.0859. The van der Waals surface area contributed by atoms with Crippen LogP contribution in [-0.2, 0) is 29.6 Å². The Kier molecular flexibility index (Phi) is 9.73. The third kappa shape index (κ3) is 6.92. The molecule has 42 heavy (non-hydrogen) atoms. The molecule has 0 bridgehead atoms. The molecule has 5 rings (SSSR count). The molecule has 3 heterocycles. The molecule has 2 aliphatic heterocycles. The average Bonchev–Trinajstić information content (AvgIpc) is 3.25. The highest BCUT2D eigenvalue weighted by Gasteiger charge is 2.27. The van der Waals surface area contributed by atoms with Crippen molar-refractivity contribution in [2.24, 2.45) is 7.05 Å². The number of aromatic nitrogens is 2. The maximum atomic E-state index is 13.8. The van der Waals surface area contributed by atoms with Crippen molar-refractivity contribution in [3.05, 3.63) is 70.9 Å². The fraction of sp³-hybridized carbons (Fsp3) is 0.452. The number of carbonyl (C=O) groups excluding carboxylic acids is 2. The summed E-state index contributed by atoms with van der Waals surface area (Å²) in [5.41, 5.74) is 5.17. The van der Waals surface area contributed by atoms with Crippen molar-refractivity contribution in [2.75, 3.05) is 69.4 Å². The van der Waals surface area contributed by atoms with Gasteiger partial charge in [-0.05, 0) is 49.2 Å². The Morgan fingerprint density at radius 1 is 1.02 bits per heavy atom. The van der Waals surface area contributed by atoms with E-state index >= 15 is 0 Å². The number of ether oxygens (including phenoxy) is 2. The third-order valence-corrected chi connectivity index (χ3v) is 7.84. The molecular weight excluding hydrogens is 534 g/mol. The molecule has 3 amide bonds. The summed E-state index contributed by atoms with van der Waals surface area (Å²) in [4.78, 5) is 32.6. The first kappa shape index (κ1) is 29.6. The van der Waals surface area contributed by atoms with Gasteiger partial charge >= 0.3 is 6.03 Å². The van der Waals surface area contributed by atoms with E-state index < -0.39 is 0 Å². The smallest absolute Gasteiger partial charge is 0.317 e. The summed E-state index contributed by atoms with van der Waals surface area (Å²) in [6.07, 6.45) is 1.80. The van der Waals surface area contributed by atoms with Crippen LogP contribution in [0.3, 0.4) is 0 Å². The Labute approximate surface area is 247 Å². The first-order valence-corrected chi connectivity index (χ1v) is 14.6. The third-order valence-electron chi connectivity index (χ3n) is 7.84. The van der Waals surface area contributed by atoms with Crippen LogP contribution in [0, 0.1) is 6.92 Å². The fourth-order valence-electron chi connectivity index (χ4n) is 5.34. The van der Waals surface area contributed by atoms with Crippen molar-refractivity contribution in [1.82, 2.24) is 24.9 Å². The number of rotatable bonds is 10. The lowest BCUT2D eigenvalue weighted by molar-refractivity contribution is 0.0373. The predicted molar refractivity (Wildman–Crippen MR) is 162 cm³/mol. The summed E-state index contributed by atoms with van der Waals surface area (Å²) in [5, 5.41) is 10.9. The van der Waals surface area contributed by atoms with Crippen molar-refractivity contribution in [3.8, 4) is 0 Å². The highest BCUT2D eigenvalue weighted by molar-refractivity contribution is 6.08. The molecule has 0 aliphatic carbocycles. The number of nitrogens with zero attached hydrogens (tertiary/aromatic N) is 5. The van der Waals surface area contributed by atoms with Crippen LogP contribution < -0.4 is 15.5 Å². The van der Waals surface area contributed by atoms with Crippen LogP contribution in [0.25, 0.3) is 0 Å². The lowest BCUT2D eigenvalue weighted by atomic mass is 10.0. The molecule has 1 fully saturated rings. The number of hydrogen-bond acceptors (Lipinski definition) is 7. The molecule has 0 unspecified atom stereocenters. The van der Waals surface area contributed by atoms with Crippen LogP contribution in [0.5, 0.6) is 0 Å². The second-order valence-corrected chi connectivity index (χ2v) is 10.6. The van der Waals surface area contributed by atoms with Crippen molar-refractivity contribution in [2.45, 2.75) is 26.9 Å². The molecule has 11 nitrogen and oxygen atoms in total. The van der Waals surface area contributed by atoms with Gasteiger partial charge in [-0.2, -0.15) is 5.10 Å². The van der Waals surface area contributed by atoms with Gasteiger partial charge in [0.2, 0.25) is 0 Å². The number of amides is 3. The molecule has 0 spiro atoms. The Morgan fingerprint density at radius 2 is 1.81 bits per heavy atom. The summed E-state index contributed by atoms with van der Waals surface area (Å²) >= 11 is 0. The number of carbonyl (C=O) groups is 2. The minimum Gasteiger partial charge on any atom is -0.379 e. The van der Waals surface area contributed by atoms with Gasteiger partial charge < -0.3 is 29.9 Å². The molecule has 1 saturated heterocycles. The SMILES string of the molecule is CCOCCOCCN1CCN(C(=O)NCc2ccc(C(=O)N3Cc4cnn(C)c4Nc4ccccc43)cc2C)CC1. The van der Waals surface area contributed by atoms with E-state index in [1.54, 1.807) is 15.8 Å². The van der Waals surface area contributed by atoms with E-state index in [2.05, 4.69) is 20.6 Å². The van der Waals surface area contributed by atoms with Gasteiger partial charge in [0.15, 0.2) is 0 Å². The molecule has 2 aliphatic rings. The summed E-state index contributed by atoms with van der Waals surface area (Å²) in [6.45, 7) is 11.3. The zero-order valence-electron chi connectivity index (χ0n) is 24.8. The van der Waals surface area contributed by atoms with Gasteiger partial charge in [0.25, 0.3) is 5.91 Å². The molecule has 2 N–H and O–H groups in total. The van der Waals surface area contributed by atoms with Gasteiger partial charge in [-0.1, -0.05) is 18.2 Å². The van der Waals surface area contributed by atoms with Crippen LogP contribution >= 0.6 is 0 Å². The zero-order valence-corrected chi connectivity index (χ0v) is 24.8. The minimum absolute atomic E-state index is 0.0666. The number of piperazine rings is 1. The van der Waals surface area contributed by atoms with Crippen LogP contribution in [0.1, 0.15) is 34.0 Å². The van der Waals surface area contributed by atoms with E-state index in [0.29, 0.717) is 58.2 Å². The number of para-hydroxylation sites is 2. The van der Waals surface area contributed by atoms with Gasteiger partial charge in [0, 0.05) is 64.0 Å². The largest absolute Gasteiger partial charge is 0.379 e. The summed E-state index contributed by atoms with van der Waals surface area (Å²) in [6, 6.07) is 13.4. The molecule has 0 atom stereocenters. The standard InChI is InChI=1S/C31H41N7O4/c1-4-41-17-18-42-16-15-36-11-13-37(14-12-36)31(40)32-20-25-10-9-24(19-23(25)2)30(39)38-22-26-21-33-35(3)29(26)34-27-7-5-6-8-28(27)38/h5-10,19,21,34H,4,11-18,20,22H2,1-3H3,(H,32,40). The number of aryl methyl sites for hydroxylation is 2. The van der Waals surface area contributed by atoms with Crippen molar-refractivity contribution in [1.29, 1.82) is 0 Å². The summed E-state index contributed by atoms with van der Waals surface area (Å²) < 4.78 is 12.7.